The minimum Gasteiger partial charge on any atom is -0.294 e. The molecule has 1 N–H and O–H groups in total. The Labute approximate surface area is 121 Å². The summed E-state index contributed by atoms with van der Waals surface area (Å²) in [5, 5.41) is 7.88. The molecule has 1 saturated heterocycles. The van der Waals surface area contributed by atoms with Crippen LogP contribution in [0.3, 0.4) is 0 Å². The number of halogens is 1. The molecule has 4 nitrogen and oxygen atoms in total. The molecule has 0 radical (unpaired) electrons. The third-order valence-electron chi connectivity index (χ3n) is 3.08. The monoisotopic (exact) mass is 293 g/mol. The summed E-state index contributed by atoms with van der Waals surface area (Å²) in [6.45, 7) is 0.599. The molecule has 1 aliphatic heterocycles. The van der Waals surface area contributed by atoms with Gasteiger partial charge in [-0.2, -0.15) is 17.7 Å². The second-order valence-electron chi connectivity index (χ2n) is 4.51. The van der Waals surface area contributed by atoms with E-state index in [1.54, 1.807) is 4.90 Å². The Kier molecular flexibility index (Phi) is 3.24. The van der Waals surface area contributed by atoms with Gasteiger partial charge >= 0.3 is 0 Å². The maximum atomic E-state index is 11.8. The number of hydrogen-bond acceptors (Lipinski definition) is 3. The number of nitrogens with zero attached hydrogens (tertiary/aromatic N) is 2. The van der Waals surface area contributed by atoms with Crippen molar-refractivity contribution in [1.82, 2.24) is 10.2 Å². The van der Waals surface area contributed by atoms with Gasteiger partial charge in [0.2, 0.25) is 5.91 Å². The highest BCUT2D eigenvalue weighted by atomic mass is 35.5. The zero-order chi connectivity index (χ0) is 13.4. The van der Waals surface area contributed by atoms with E-state index in [0.717, 1.165) is 11.3 Å². The van der Waals surface area contributed by atoms with Gasteiger partial charge in [0.1, 0.15) is 0 Å². The molecule has 1 aromatic heterocycles. The first-order valence-electron chi connectivity index (χ1n) is 5.93. The fourth-order valence-corrected chi connectivity index (χ4v) is 2.67. The van der Waals surface area contributed by atoms with E-state index in [2.05, 4.69) is 22.8 Å². The molecule has 1 fully saturated rings. The van der Waals surface area contributed by atoms with Crippen molar-refractivity contribution in [3.8, 4) is 11.3 Å². The van der Waals surface area contributed by atoms with Gasteiger partial charge in [0, 0.05) is 34.9 Å². The van der Waals surface area contributed by atoms with Crippen molar-refractivity contribution in [3.05, 3.63) is 35.4 Å². The lowest BCUT2D eigenvalue weighted by Gasteiger charge is -2.11. The van der Waals surface area contributed by atoms with Gasteiger partial charge in [0.25, 0.3) is 0 Å². The molecule has 2 aromatic rings. The van der Waals surface area contributed by atoms with Gasteiger partial charge in [0.05, 0.1) is 5.69 Å². The Morgan fingerprint density at radius 2 is 2.26 bits per heavy atom. The van der Waals surface area contributed by atoms with E-state index in [-0.39, 0.29) is 11.2 Å². The standard InChI is InChI=1S/C13H12ClN3OS/c14-9-3-1-2-8(4-9)11-6-12(16-15-11)17-7-10(19)5-13(17)18/h1-4,6,10,19H,5,7H2,(H,15,16). The second kappa shape index (κ2) is 4.90. The Bertz CT molecular complexity index is 628. The molecule has 0 aliphatic carbocycles. The molecular weight excluding hydrogens is 282 g/mol. The smallest absolute Gasteiger partial charge is 0.229 e. The van der Waals surface area contributed by atoms with E-state index in [1.807, 2.05) is 30.3 Å². The number of thiol groups is 1. The number of anilines is 1. The average Bonchev–Trinajstić information content (AvgIpc) is 2.96. The lowest BCUT2D eigenvalue weighted by molar-refractivity contribution is -0.117. The number of amides is 1. The molecule has 0 saturated carbocycles. The molecule has 0 bridgehead atoms. The molecular formula is C13H12ClN3OS. The zero-order valence-corrected chi connectivity index (χ0v) is 11.7. The molecule has 19 heavy (non-hydrogen) atoms. The van der Waals surface area contributed by atoms with Gasteiger partial charge in [-0.15, -0.1) is 0 Å². The Morgan fingerprint density at radius 1 is 1.42 bits per heavy atom. The number of aromatic amines is 1. The molecule has 1 amide bonds. The van der Waals surface area contributed by atoms with Crippen molar-refractivity contribution in [2.45, 2.75) is 11.7 Å². The van der Waals surface area contributed by atoms with Crippen LogP contribution in [0.5, 0.6) is 0 Å². The van der Waals surface area contributed by atoms with Crippen molar-refractivity contribution in [3.63, 3.8) is 0 Å². The van der Waals surface area contributed by atoms with Crippen LogP contribution >= 0.6 is 24.2 Å². The number of aromatic nitrogens is 2. The van der Waals surface area contributed by atoms with Crippen molar-refractivity contribution >= 4 is 36.0 Å². The lowest BCUT2D eigenvalue weighted by Crippen LogP contribution is -2.24. The Hall–Kier alpha value is -1.46. The molecule has 1 unspecified atom stereocenters. The summed E-state index contributed by atoms with van der Waals surface area (Å²) in [6, 6.07) is 9.35. The molecule has 1 aromatic carbocycles. The highest BCUT2D eigenvalue weighted by molar-refractivity contribution is 7.81. The van der Waals surface area contributed by atoms with E-state index < -0.39 is 0 Å². The predicted octanol–water partition coefficient (Wildman–Crippen LogP) is 2.77. The zero-order valence-electron chi connectivity index (χ0n) is 10.0. The summed E-state index contributed by atoms with van der Waals surface area (Å²) in [5.41, 5.74) is 1.79. The van der Waals surface area contributed by atoms with Gasteiger partial charge in [-0.05, 0) is 12.1 Å². The largest absolute Gasteiger partial charge is 0.294 e. The van der Waals surface area contributed by atoms with Crippen molar-refractivity contribution in [2.75, 3.05) is 11.4 Å². The third-order valence-corrected chi connectivity index (χ3v) is 3.66. The van der Waals surface area contributed by atoms with Crippen molar-refractivity contribution in [1.29, 1.82) is 0 Å². The number of hydrogen-bond donors (Lipinski definition) is 2. The van der Waals surface area contributed by atoms with Crippen LogP contribution in [0, 0.1) is 0 Å². The molecule has 1 aliphatic rings. The summed E-state index contributed by atoms with van der Waals surface area (Å²) < 4.78 is 0. The van der Waals surface area contributed by atoms with Crippen LogP contribution in [0.15, 0.2) is 30.3 Å². The normalized spacial score (nSPS) is 19.2. The number of carbonyl (C=O) groups is 1. The molecule has 1 atom stereocenters. The van der Waals surface area contributed by atoms with Crippen LogP contribution in [0.2, 0.25) is 5.02 Å². The molecule has 0 spiro atoms. The first kappa shape index (κ1) is 12.6. The summed E-state index contributed by atoms with van der Waals surface area (Å²) in [5.74, 6) is 0.695. The van der Waals surface area contributed by atoms with Crippen LogP contribution < -0.4 is 4.90 Å². The maximum absolute atomic E-state index is 11.8. The average molecular weight is 294 g/mol. The van der Waals surface area contributed by atoms with Crippen LogP contribution in [0.4, 0.5) is 5.82 Å². The van der Waals surface area contributed by atoms with Gasteiger partial charge in [-0.25, -0.2) is 0 Å². The van der Waals surface area contributed by atoms with Crippen LogP contribution in [0.25, 0.3) is 11.3 Å². The molecule has 6 heteroatoms. The van der Waals surface area contributed by atoms with Crippen LogP contribution in [-0.4, -0.2) is 27.9 Å². The molecule has 98 valence electrons. The van der Waals surface area contributed by atoms with Gasteiger partial charge < -0.3 is 0 Å². The van der Waals surface area contributed by atoms with Gasteiger partial charge in [0.15, 0.2) is 5.82 Å². The number of nitrogens with one attached hydrogen (secondary N) is 1. The van der Waals surface area contributed by atoms with Crippen molar-refractivity contribution < 1.29 is 4.79 Å². The lowest BCUT2D eigenvalue weighted by atomic mass is 10.1. The number of rotatable bonds is 2. The summed E-state index contributed by atoms with van der Waals surface area (Å²) in [7, 11) is 0. The number of carbonyl (C=O) groups excluding carboxylic acids is 1. The van der Waals surface area contributed by atoms with Crippen LogP contribution in [0.1, 0.15) is 6.42 Å². The fourth-order valence-electron chi connectivity index (χ4n) is 2.16. The van der Waals surface area contributed by atoms with E-state index in [1.165, 1.54) is 0 Å². The van der Waals surface area contributed by atoms with Gasteiger partial charge in [-0.1, -0.05) is 23.7 Å². The van der Waals surface area contributed by atoms with E-state index in [4.69, 9.17) is 11.6 Å². The first-order chi connectivity index (χ1) is 9.13. The van der Waals surface area contributed by atoms with E-state index in [9.17, 15) is 4.79 Å². The molecule has 3 rings (SSSR count). The minimum absolute atomic E-state index is 0.0594. The highest BCUT2D eigenvalue weighted by Gasteiger charge is 2.29. The topological polar surface area (TPSA) is 49.0 Å². The molecule has 2 heterocycles. The third kappa shape index (κ3) is 2.48. The Morgan fingerprint density at radius 3 is 2.95 bits per heavy atom. The van der Waals surface area contributed by atoms with Gasteiger partial charge in [-0.3, -0.25) is 14.8 Å². The maximum Gasteiger partial charge on any atom is 0.229 e. The summed E-state index contributed by atoms with van der Waals surface area (Å²) in [6.07, 6.45) is 0.461. The van der Waals surface area contributed by atoms with Crippen LogP contribution in [-0.2, 0) is 4.79 Å². The first-order valence-corrected chi connectivity index (χ1v) is 6.83. The summed E-state index contributed by atoms with van der Waals surface area (Å²) >= 11 is 10.3. The Balaban J connectivity index is 1.90. The number of H-pyrrole nitrogens is 1. The fraction of sp³-hybridized carbons (Fsp3) is 0.231. The summed E-state index contributed by atoms with van der Waals surface area (Å²) in [4.78, 5) is 13.4. The quantitative estimate of drug-likeness (QED) is 0.837. The van der Waals surface area contributed by atoms with E-state index in [0.29, 0.717) is 23.8 Å². The minimum atomic E-state index is 0.0594. The second-order valence-corrected chi connectivity index (χ2v) is 5.68. The highest BCUT2D eigenvalue weighted by Crippen LogP contribution is 2.27. The number of benzene rings is 1. The van der Waals surface area contributed by atoms with Crippen molar-refractivity contribution in [2.24, 2.45) is 0 Å². The SMILES string of the molecule is O=C1CC(S)CN1c1cc(-c2cccc(Cl)c2)[nH]n1. The predicted molar refractivity (Wildman–Crippen MR) is 78.8 cm³/mol. The van der Waals surface area contributed by atoms with E-state index >= 15 is 0 Å².